The molecule has 0 saturated carbocycles. The normalized spacial score (nSPS) is 21.8. The minimum Gasteiger partial charge on any atom is -0.494 e. The molecule has 1 aromatic rings. The first kappa shape index (κ1) is 17.0. The van der Waals surface area contributed by atoms with Crippen LogP contribution < -0.4 is 4.74 Å². The molecule has 1 aliphatic carbocycles. The van der Waals surface area contributed by atoms with Gasteiger partial charge in [-0.15, -0.1) is 0 Å². The van der Waals surface area contributed by atoms with Crippen molar-refractivity contribution in [3.63, 3.8) is 0 Å². The second kappa shape index (κ2) is 7.79. The van der Waals surface area contributed by atoms with Gasteiger partial charge in [-0.25, -0.2) is 4.39 Å². The van der Waals surface area contributed by atoms with Crippen molar-refractivity contribution in [2.75, 3.05) is 33.3 Å². The zero-order valence-corrected chi connectivity index (χ0v) is 14.2. The van der Waals surface area contributed by atoms with E-state index in [-0.39, 0.29) is 17.5 Å². The smallest absolute Gasteiger partial charge is 0.226 e. The Balaban J connectivity index is 1.50. The highest BCUT2D eigenvalue weighted by atomic mass is 19.1. The average molecular weight is 332 g/mol. The van der Waals surface area contributed by atoms with E-state index in [1.54, 1.807) is 6.07 Å². The molecule has 1 heterocycles. The Morgan fingerprint density at radius 2 is 2.04 bits per heavy atom. The summed E-state index contributed by atoms with van der Waals surface area (Å²) < 4.78 is 18.7. The lowest BCUT2D eigenvalue weighted by Crippen LogP contribution is -2.50. The Labute approximate surface area is 142 Å². The van der Waals surface area contributed by atoms with Gasteiger partial charge in [0.25, 0.3) is 0 Å². The van der Waals surface area contributed by atoms with Crippen molar-refractivity contribution in [1.29, 1.82) is 0 Å². The van der Waals surface area contributed by atoms with Gasteiger partial charge in [-0.2, -0.15) is 0 Å². The molecule has 1 fully saturated rings. The molecule has 1 aliphatic heterocycles. The van der Waals surface area contributed by atoms with E-state index in [4.69, 9.17) is 4.74 Å². The van der Waals surface area contributed by atoms with Crippen molar-refractivity contribution in [2.45, 2.75) is 25.8 Å². The van der Waals surface area contributed by atoms with Gasteiger partial charge in [0.15, 0.2) is 11.6 Å². The van der Waals surface area contributed by atoms with Gasteiger partial charge in [0.2, 0.25) is 5.91 Å². The van der Waals surface area contributed by atoms with E-state index in [0.717, 1.165) is 51.0 Å². The van der Waals surface area contributed by atoms with E-state index in [1.165, 1.54) is 13.2 Å². The largest absolute Gasteiger partial charge is 0.494 e. The Morgan fingerprint density at radius 3 is 2.67 bits per heavy atom. The third-order valence-corrected chi connectivity index (χ3v) is 4.92. The monoisotopic (exact) mass is 332 g/mol. The number of nitrogens with zero attached hydrogens (tertiary/aromatic N) is 2. The highest BCUT2D eigenvalue weighted by Crippen LogP contribution is 2.22. The van der Waals surface area contributed by atoms with Crippen LogP contribution in [0.25, 0.3) is 0 Å². The average Bonchev–Trinajstić information content (AvgIpc) is 2.63. The predicted molar refractivity (Wildman–Crippen MR) is 91.3 cm³/mol. The number of benzene rings is 1. The summed E-state index contributed by atoms with van der Waals surface area (Å²) in [6.45, 7) is 3.90. The topological polar surface area (TPSA) is 32.8 Å². The number of hydrogen-bond acceptors (Lipinski definition) is 3. The van der Waals surface area contributed by atoms with E-state index < -0.39 is 0 Å². The number of allylic oxidation sites excluding steroid dienone is 2. The van der Waals surface area contributed by atoms with Gasteiger partial charge in [0.1, 0.15) is 0 Å². The van der Waals surface area contributed by atoms with Crippen molar-refractivity contribution >= 4 is 5.91 Å². The first-order chi connectivity index (χ1) is 11.7. The lowest BCUT2D eigenvalue weighted by Gasteiger charge is -2.36. The van der Waals surface area contributed by atoms with Crippen molar-refractivity contribution in [3.8, 4) is 5.75 Å². The van der Waals surface area contributed by atoms with Crippen LogP contribution in [-0.4, -0.2) is 49.0 Å². The van der Waals surface area contributed by atoms with Crippen LogP contribution in [0.2, 0.25) is 0 Å². The number of rotatable bonds is 4. The van der Waals surface area contributed by atoms with E-state index >= 15 is 0 Å². The summed E-state index contributed by atoms with van der Waals surface area (Å²) >= 11 is 0. The molecule has 1 atom stereocenters. The molecule has 130 valence electrons. The van der Waals surface area contributed by atoms with E-state index in [0.29, 0.717) is 12.5 Å². The predicted octanol–water partition coefficient (Wildman–Crippen LogP) is 2.83. The number of carbonyl (C=O) groups excluding carboxylic acids is 1. The molecule has 1 saturated heterocycles. The number of carbonyl (C=O) groups is 1. The number of halogens is 1. The number of piperazine rings is 1. The van der Waals surface area contributed by atoms with Crippen LogP contribution in [-0.2, 0) is 11.3 Å². The molecule has 0 aromatic heterocycles. The van der Waals surface area contributed by atoms with Gasteiger partial charge in [0.05, 0.1) is 7.11 Å². The molecule has 0 spiro atoms. The summed E-state index contributed by atoms with van der Waals surface area (Å²) in [5.74, 6) is 0.414. The van der Waals surface area contributed by atoms with Crippen molar-refractivity contribution in [3.05, 3.63) is 41.7 Å². The number of ether oxygens (including phenoxy) is 1. The molecular weight excluding hydrogens is 307 g/mol. The lowest BCUT2D eigenvalue weighted by molar-refractivity contribution is -0.137. The fourth-order valence-corrected chi connectivity index (χ4v) is 3.47. The summed E-state index contributed by atoms with van der Waals surface area (Å²) in [5, 5.41) is 0. The molecule has 0 bridgehead atoms. The summed E-state index contributed by atoms with van der Waals surface area (Å²) in [6.07, 6.45) is 7.15. The summed E-state index contributed by atoms with van der Waals surface area (Å²) in [5.41, 5.74) is 0.936. The second-order valence-electron chi connectivity index (χ2n) is 6.55. The van der Waals surface area contributed by atoms with Gasteiger partial charge >= 0.3 is 0 Å². The molecule has 0 N–H and O–H groups in total. The summed E-state index contributed by atoms with van der Waals surface area (Å²) in [7, 11) is 1.47. The van der Waals surface area contributed by atoms with Crippen LogP contribution in [0.1, 0.15) is 24.8 Å². The van der Waals surface area contributed by atoms with Crippen LogP contribution in [0.4, 0.5) is 4.39 Å². The zero-order chi connectivity index (χ0) is 16.9. The molecule has 1 aromatic carbocycles. The standard InChI is InChI=1S/C19H25FN2O2/c1-24-18-8-7-15(13-17(18)20)14-21-9-11-22(12-10-21)19(23)16-5-3-2-4-6-16/h2-3,7-8,13,16H,4-6,9-12,14H2,1H3. The van der Waals surface area contributed by atoms with Crippen molar-refractivity contribution in [1.82, 2.24) is 9.80 Å². The Hall–Kier alpha value is -1.88. The molecule has 24 heavy (non-hydrogen) atoms. The van der Waals surface area contributed by atoms with Gasteiger partial charge in [0, 0.05) is 38.6 Å². The third-order valence-electron chi connectivity index (χ3n) is 4.92. The van der Waals surface area contributed by atoms with Crippen LogP contribution in [0.15, 0.2) is 30.4 Å². The van der Waals surface area contributed by atoms with Gasteiger partial charge < -0.3 is 9.64 Å². The van der Waals surface area contributed by atoms with Gasteiger partial charge in [-0.05, 0) is 37.0 Å². The van der Waals surface area contributed by atoms with Gasteiger partial charge in [-0.1, -0.05) is 18.2 Å². The Bertz CT molecular complexity index is 609. The highest BCUT2D eigenvalue weighted by Gasteiger charge is 2.27. The Kier molecular flexibility index (Phi) is 5.51. The molecule has 1 unspecified atom stereocenters. The van der Waals surface area contributed by atoms with E-state index in [2.05, 4.69) is 17.1 Å². The SMILES string of the molecule is COc1ccc(CN2CCN(C(=O)C3CC=CCC3)CC2)cc1F. The fraction of sp³-hybridized carbons (Fsp3) is 0.526. The first-order valence-corrected chi connectivity index (χ1v) is 8.66. The van der Waals surface area contributed by atoms with Gasteiger partial charge in [-0.3, -0.25) is 9.69 Å². The highest BCUT2D eigenvalue weighted by molar-refractivity contribution is 5.79. The maximum absolute atomic E-state index is 13.8. The van der Waals surface area contributed by atoms with Crippen LogP contribution in [0.5, 0.6) is 5.75 Å². The van der Waals surface area contributed by atoms with Crippen molar-refractivity contribution < 1.29 is 13.9 Å². The zero-order valence-electron chi connectivity index (χ0n) is 14.2. The second-order valence-corrected chi connectivity index (χ2v) is 6.55. The molecule has 5 heteroatoms. The maximum atomic E-state index is 13.8. The molecule has 1 amide bonds. The number of amides is 1. The number of hydrogen-bond donors (Lipinski definition) is 0. The molecule has 4 nitrogen and oxygen atoms in total. The molecule has 0 radical (unpaired) electrons. The maximum Gasteiger partial charge on any atom is 0.226 e. The summed E-state index contributed by atoms with van der Waals surface area (Å²) in [6, 6.07) is 5.10. The molecule has 2 aliphatic rings. The number of methoxy groups -OCH3 is 1. The third kappa shape index (κ3) is 3.96. The van der Waals surface area contributed by atoms with Crippen molar-refractivity contribution in [2.24, 2.45) is 5.92 Å². The summed E-state index contributed by atoms with van der Waals surface area (Å²) in [4.78, 5) is 16.8. The van der Waals surface area contributed by atoms with E-state index in [9.17, 15) is 9.18 Å². The minimum absolute atomic E-state index is 0.164. The minimum atomic E-state index is -0.325. The first-order valence-electron chi connectivity index (χ1n) is 8.66. The molecular formula is C19H25FN2O2. The van der Waals surface area contributed by atoms with Crippen LogP contribution in [0, 0.1) is 11.7 Å². The quantitative estimate of drug-likeness (QED) is 0.795. The van der Waals surface area contributed by atoms with Crippen LogP contribution >= 0.6 is 0 Å². The van der Waals surface area contributed by atoms with E-state index in [1.807, 2.05) is 11.0 Å². The Morgan fingerprint density at radius 1 is 1.25 bits per heavy atom. The van der Waals surface area contributed by atoms with Crippen LogP contribution in [0.3, 0.4) is 0 Å². The fourth-order valence-electron chi connectivity index (χ4n) is 3.47. The molecule has 3 rings (SSSR count). The lowest BCUT2D eigenvalue weighted by atomic mass is 9.93.